The summed E-state index contributed by atoms with van der Waals surface area (Å²) in [6.07, 6.45) is 3.72. The minimum absolute atomic E-state index is 0.0135. The average molecular weight is 340 g/mol. The van der Waals surface area contributed by atoms with Gasteiger partial charge in [-0.05, 0) is 44.0 Å². The molecule has 7 heteroatoms. The van der Waals surface area contributed by atoms with Gasteiger partial charge in [0.25, 0.3) is 5.91 Å². The van der Waals surface area contributed by atoms with Crippen molar-refractivity contribution in [2.45, 2.75) is 25.8 Å². The molecule has 3 aromatic rings. The Hall–Kier alpha value is -2.54. The van der Waals surface area contributed by atoms with Gasteiger partial charge in [0.1, 0.15) is 0 Å². The molecule has 4 rings (SSSR count). The molecule has 0 radical (unpaired) electrons. The molecule has 0 bridgehead atoms. The van der Waals surface area contributed by atoms with E-state index in [1.54, 1.807) is 12.1 Å². The monoisotopic (exact) mass is 340 g/mol. The maximum atomic E-state index is 12.9. The van der Waals surface area contributed by atoms with Crippen LogP contribution in [-0.4, -0.2) is 37.7 Å². The molecule has 0 spiro atoms. The number of amides is 1. The summed E-state index contributed by atoms with van der Waals surface area (Å²) in [6, 6.07) is 9.12. The molecule has 0 aliphatic carbocycles. The van der Waals surface area contributed by atoms with Gasteiger partial charge in [-0.15, -0.1) is 21.5 Å². The number of carbonyl (C=O) groups is 2. The van der Waals surface area contributed by atoms with Gasteiger partial charge in [-0.1, -0.05) is 6.07 Å². The molecule has 1 saturated heterocycles. The number of ketones is 1. The van der Waals surface area contributed by atoms with Crippen molar-refractivity contribution in [1.82, 2.24) is 19.5 Å². The van der Waals surface area contributed by atoms with E-state index in [-0.39, 0.29) is 17.7 Å². The summed E-state index contributed by atoms with van der Waals surface area (Å²) in [5.41, 5.74) is 0.779. The number of pyridine rings is 1. The highest BCUT2D eigenvalue weighted by atomic mass is 32.1. The Labute approximate surface area is 142 Å². The van der Waals surface area contributed by atoms with E-state index >= 15 is 0 Å². The highest BCUT2D eigenvalue weighted by molar-refractivity contribution is 7.15. The maximum absolute atomic E-state index is 12.9. The molecule has 24 heavy (non-hydrogen) atoms. The molecular weight excluding hydrogens is 324 g/mol. The Morgan fingerprint density at radius 3 is 2.79 bits per heavy atom. The minimum atomic E-state index is -0.0854. The highest BCUT2D eigenvalue weighted by Crippen LogP contribution is 2.33. The van der Waals surface area contributed by atoms with Crippen LogP contribution in [0.2, 0.25) is 0 Å². The number of Topliss-reactive ketones (excluding diaryl/α,β-unsaturated/α-hetero) is 1. The van der Waals surface area contributed by atoms with Crippen LogP contribution in [0.3, 0.4) is 0 Å². The van der Waals surface area contributed by atoms with Gasteiger partial charge >= 0.3 is 0 Å². The summed E-state index contributed by atoms with van der Waals surface area (Å²) in [6.45, 7) is 2.21. The standard InChI is InChI=1S/C17H16N4O2S/c1-11(22)13-7-8-14(24-13)17(23)20-10-4-5-12(20)16-19-18-15-6-2-3-9-21(15)16/h2-3,6-9,12H,4-5,10H2,1H3/t12-/m0/s1. The highest BCUT2D eigenvalue weighted by Gasteiger charge is 2.34. The molecule has 1 aliphatic heterocycles. The lowest BCUT2D eigenvalue weighted by atomic mass is 10.2. The molecule has 0 aromatic carbocycles. The van der Waals surface area contributed by atoms with E-state index in [1.165, 1.54) is 18.3 Å². The quantitative estimate of drug-likeness (QED) is 0.688. The fourth-order valence-electron chi connectivity index (χ4n) is 3.15. The summed E-state index contributed by atoms with van der Waals surface area (Å²) in [7, 11) is 0. The number of aromatic nitrogens is 3. The van der Waals surface area contributed by atoms with Crippen LogP contribution in [0.15, 0.2) is 36.5 Å². The van der Waals surface area contributed by atoms with E-state index in [9.17, 15) is 9.59 Å². The fourth-order valence-corrected chi connectivity index (χ4v) is 4.01. The van der Waals surface area contributed by atoms with Crippen molar-refractivity contribution < 1.29 is 9.59 Å². The second kappa shape index (κ2) is 5.83. The van der Waals surface area contributed by atoms with Crippen LogP contribution in [0.1, 0.15) is 51.0 Å². The van der Waals surface area contributed by atoms with Gasteiger partial charge in [0.2, 0.25) is 0 Å². The predicted molar refractivity (Wildman–Crippen MR) is 90.3 cm³/mol. The van der Waals surface area contributed by atoms with Crippen LogP contribution in [0.5, 0.6) is 0 Å². The Kier molecular flexibility index (Phi) is 3.65. The number of carbonyl (C=O) groups excluding carboxylic acids is 2. The van der Waals surface area contributed by atoms with Gasteiger partial charge in [-0.3, -0.25) is 14.0 Å². The van der Waals surface area contributed by atoms with Gasteiger partial charge in [-0.2, -0.15) is 0 Å². The van der Waals surface area contributed by atoms with Crippen molar-refractivity contribution in [2.75, 3.05) is 6.54 Å². The first-order valence-corrected chi connectivity index (χ1v) is 8.68. The lowest BCUT2D eigenvalue weighted by Crippen LogP contribution is -2.31. The second-order valence-corrected chi connectivity index (χ2v) is 6.95. The van der Waals surface area contributed by atoms with Crippen molar-refractivity contribution in [3.63, 3.8) is 0 Å². The molecule has 0 N–H and O–H groups in total. The normalized spacial score (nSPS) is 17.5. The lowest BCUT2D eigenvalue weighted by Gasteiger charge is -2.22. The first-order valence-electron chi connectivity index (χ1n) is 7.86. The van der Waals surface area contributed by atoms with E-state index in [1.807, 2.05) is 33.7 Å². The maximum Gasteiger partial charge on any atom is 0.264 e. The van der Waals surface area contributed by atoms with Gasteiger partial charge in [0.05, 0.1) is 15.8 Å². The summed E-state index contributed by atoms with van der Waals surface area (Å²) >= 11 is 1.26. The molecule has 3 aromatic heterocycles. The zero-order chi connectivity index (χ0) is 16.7. The molecule has 6 nitrogen and oxygen atoms in total. The van der Waals surface area contributed by atoms with Gasteiger partial charge in [-0.25, -0.2) is 0 Å². The average Bonchev–Trinajstić information content (AvgIpc) is 3.31. The van der Waals surface area contributed by atoms with Crippen LogP contribution in [0.25, 0.3) is 5.65 Å². The molecule has 122 valence electrons. The van der Waals surface area contributed by atoms with E-state index in [4.69, 9.17) is 0 Å². The zero-order valence-electron chi connectivity index (χ0n) is 13.2. The zero-order valence-corrected chi connectivity index (χ0v) is 14.0. The molecule has 4 heterocycles. The molecule has 0 unspecified atom stereocenters. The number of likely N-dealkylation sites (tertiary alicyclic amines) is 1. The van der Waals surface area contributed by atoms with Gasteiger partial charge in [0, 0.05) is 12.7 Å². The smallest absolute Gasteiger partial charge is 0.264 e. The third-order valence-corrected chi connectivity index (χ3v) is 5.49. The van der Waals surface area contributed by atoms with Crippen LogP contribution < -0.4 is 0 Å². The summed E-state index contributed by atoms with van der Waals surface area (Å²) in [4.78, 5) is 27.4. The number of nitrogens with zero attached hydrogens (tertiary/aromatic N) is 4. The van der Waals surface area contributed by atoms with Crippen molar-refractivity contribution in [2.24, 2.45) is 0 Å². The first-order chi connectivity index (χ1) is 11.6. The predicted octanol–water partition coefficient (Wildman–Crippen LogP) is 2.97. The molecule has 0 saturated carbocycles. The number of hydrogen-bond donors (Lipinski definition) is 0. The first kappa shape index (κ1) is 15.0. The van der Waals surface area contributed by atoms with Crippen LogP contribution in [0, 0.1) is 0 Å². The Morgan fingerprint density at radius 1 is 1.17 bits per heavy atom. The molecule has 1 fully saturated rings. The third-order valence-electron chi connectivity index (χ3n) is 4.32. The number of hydrogen-bond acceptors (Lipinski definition) is 5. The minimum Gasteiger partial charge on any atom is -0.328 e. The number of rotatable bonds is 3. The second-order valence-electron chi connectivity index (χ2n) is 5.86. The molecule has 1 aliphatic rings. The Bertz CT molecular complexity index is 929. The van der Waals surface area contributed by atoms with Crippen LogP contribution >= 0.6 is 11.3 Å². The van der Waals surface area contributed by atoms with Crippen LogP contribution in [-0.2, 0) is 0 Å². The van der Waals surface area contributed by atoms with Crippen LogP contribution in [0.4, 0.5) is 0 Å². The van der Waals surface area contributed by atoms with Crippen molar-refractivity contribution >= 4 is 28.7 Å². The summed E-state index contributed by atoms with van der Waals surface area (Å²) in [5.74, 6) is 0.739. The largest absolute Gasteiger partial charge is 0.328 e. The number of thiophene rings is 1. The summed E-state index contributed by atoms with van der Waals surface area (Å²) < 4.78 is 1.94. The van der Waals surface area contributed by atoms with Crippen molar-refractivity contribution in [3.05, 3.63) is 52.1 Å². The van der Waals surface area contributed by atoms with Gasteiger partial charge < -0.3 is 4.90 Å². The van der Waals surface area contributed by atoms with E-state index < -0.39 is 0 Å². The summed E-state index contributed by atoms with van der Waals surface area (Å²) in [5, 5.41) is 8.50. The van der Waals surface area contributed by atoms with E-state index in [2.05, 4.69) is 10.2 Å². The van der Waals surface area contributed by atoms with Crippen molar-refractivity contribution in [1.29, 1.82) is 0 Å². The number of fused-ring (bicyclic) bond motifs is 1. The van der Waals surface area contributed by atoms with E-state index in [0.717, 1.165) is 24.3 Å². The molecular formula is C17H16N4O2S. The van der Waals surface area contributed by atoms with Crippen molar-refractivity contribution in [3.8, 4) is 0 Å². The fraction of sp³-hybridized carbons (Fsp3) is 0.294. The topological polar surface area (TPSA) is 67.6 Å². The molecule has 1 atom stereocenters. The lowest BCUT2D eigenvalue weighted by molar-refractivity contribution is 0.0734. The van der Waals surface area contributed by atoms with Gasteiger partial charge in [0.15, 0.2) is 17.3 Å². The van der Waals surface area contributed by atoms with E-state index in [0.29, 0.717) is 16.3 Å². The SMILES string of the molecule is CC(=O)c1ccc(C(=O)N2CCC[C@H]2c2nnc3ccccn23)s1. The Morgan fingerprint density at radius 2 is 2.00 bits per heavy atom. The molecule has 1 amide bonds. The Balaban J connectivity index is 1.67. The third kappa shape index (κ3) is 2.41.